The van der Waals surface area contributed by atoms with Gasteiger partial charge in [-0.3, -0.25) is 0 Å². The van der Waals surface area contributed by atoms with E-state index in [1.807, 2.05) is 0 Å². The number of halogens is 2. The zero-order valence-corrected chi connectivity index (χ0v) is 13.5. The summed E-state index contributed by atoms with van der Waals surface area (Å²) in [6.07, 6.45) is 1.10. The molecule has 2 rings (SSSR count). The Balaban J connectivity index is 1.99. The minimum Gasteiger partial charge on any atom is -0.429 e. The molecule has 0 aliphatic carbocycles. The van der Waals surface area contributed by atoms with E-state index >= 15 is 0 Å². The molecule has 0 bridgehead atoms. The van der Waals surface area contributed by atoms with E-state index < -0.39 is 0 Å². The average molecular weight is 363 g/mol. The number of rotatable bonds is 6. The van der Waals surface area contributed by atoms with Crippen LogP contribution in [0.4, 0.5) is 0 Å². The van der Waals surface area contributed by atoms with Crippen molar-refractivity contribution in [2.45, 2.75) is 19.9 Å². The molecule has 0 saturated heterocycles. The highest BCUT2D eigenvalue weighted by molar-refractivity contribution is 9.10. The van der Waals surface area contributed by atoms with Crippen molar-refractivity contribution in [3.05, 3.63) is 32.7 Å². The highest BCUT2D eigenvalue weighted by atomic mass is 79.9. The van der Waals surface area contributed by atoms with Crippen LogP contribution in [0.5, 0.6) is 10.9 Å². The highest BCUT2D eigenvalue weighted by Gasteiger charge is 2.08. The van der Waals surface area contributed by atoms with Gasteiger partial charge in [-0.2, -0.15) is 0 Å². The molecule has 0 saturated carbocycles. The predicted octanol–water partition coefficient (Wildman–Crippen LogP) is 4.25. The summed E-state index contributed by atoms with van der Waals surface area (Å²) in [5.74, 6) is 0.675. The van der Waals surface area contributed by atoms with Crippen molar-refractivity contribution in [2.24, 2.45) is 0 Å². The van der Waals surface area contributed by atoms with Gasteiger partial charge in [-0.05, 0) is 47.1 Å². The van der Waals surface area contributed by atoms with Gasteiger partial charge in [-0.15, -0.1) is 5.10 Å². The Morgan fingerprint density at radius 1 is 1.42 bits per heavy atom. The molecule has 0 unspecified atom stereocenters. The molecule has 0 aliphatic rings. The second-order valence-electron chi connectivity index (χ2n) is 3.82. The summed E-state index contributed by atoms with van der Waals surface area (Å²) >= 11 is 10.7. The first kappa shape index (κ1) is 14.7. The Morgan fingerprint density at radius 2 is 2.26 bits per heavy atom. The molecule has 0 radical (unpaired) electrons. The van der Waals surface area contributed by atoms with E-state index in [2.05, 4.69) is 38.4 Å². The summed E-state index contributed by atoms with van der Waals surface area (Å²) < 4.78 is 6.46. The topological polar surface area (TPSA) is 47.0 Å². The molecule has 4 nitrogen and oxygen atoms in total. The van der Waals surface area contributed by atoms with Crippen molar-refractivity contribution < 1.29 is 4.74 Å². The van der Waals surface area contributed by atoms with Crippen LogP contribution < -0.4 is 10.1 Å². The third-order valence-electron chi connectivity index (χ3n) is 2.24. The van der Waals surface area contributed by atoms with Crippen molar-refractivity contribution in [3.63, 3.8) is 0 Å². The first-order valence-electron chi connectivity index (χ1n) is 5.85. The molecule has 102 valence electrons. The minimum atomic E-state index is 0.524. The smallest absolute Gasteiger partial charge is 0.299 e. The van der Waals surface area contributed by atoms with Crippen LogP contribution in [-0.4, -0.2) is 16.7 Å². The fourth-order valence-electron chi connectivity index (χ4n) is 1.38. The lowest BCUT2D eigenvalue weighted by Crippen LogP contribution is -2.13. The normalized spacial score (nSPS) is 10.7. The maximum absolute atomic E-state index is 5.88. The van der Waals surface area contributed by atoms with Gasteiger partial charge in [-0.1, -0.05) is 35.0 Å². The van der Waals surface area contributed by atoms with Crippen molar-refractivity contribution in [1.29, 1.82) is 0 Å². The summed E-state index contributed by atoms with van der Waals surface area (Å²) in [5, 5.41) is 13.4. The first-order chi connectivity index (χ1) is 9.19. The molecule has 0 amide bonds. The Kier molecular flexibility index (Phi) is 5.57. The van der Waals surface area contributed by atoms with E-state index in [0.29, 0.717) is 16.0 Å². The van der Waals surface area contributed by atoms with Crippen LogP contribution in [0, 0.1) is 0 Å². The van der Waals surface area contributed by atoms with Crippen molar-refractivity contribution in [3.8, 4) is 10.9 Å². The van der Waals surface area contributed by atoms with Crippen LogP contribution in [0.25, 0.3) is 0 Å². The van der Waals surface area contributed by atoms with Gasteiger partial charge < -0.3 is 10.1 Å². The number of nitrogens with one attached hydrogen (secondary N) is 1. The molecule has 1 aromatic carbocycles. The molecular weight excluding hydrogens is 350 g/mol. The first-order valence-corrected chi connectivity index (χ1v) is 7.83. The second kappa shape index (κ2) is 7.19. The standard InChI is InChI=1S/C12H13BrClN3OS/c1-2-5-15-7-11-16-17-12(19-11)18-10-4-3-8(14)6-9(10)13/h3-4,6,15H,2,5,7H2,1H3. The maximum atomic E-state index is 5.88. The largest absolute Gasteiger partial charge is 0.429 e. The fourth-order valence-corrected chi connectivity index (χ4v) is 2.81. The summed E-state index contributed by atoms with van der Waals surface area (Å²) in [6, 6.07) is 5.34. The quantitative estimate of drug-likeness (QED) is 0.781. The zero-order valence-electron chi connectivity index (χ0n) is 10.3. The lowest BCUT2D eigenvalue weighted by molar-refractivity contribution is 0.470. The van der Waals surface area contributed by atoms with Gasteiger partial charge in [0.1, 0.15) is 10.8 Å². The Morgan fingerprint density at radius 3 is 3.00 bits per heavy atom. The number of hydrogen-bond donors (Lipinski definition) is 1. The van der Waals surface area contributed by atoms with Crippen LogP contribution in [0.1, 0.15) is 18.4 Å². The molecule has 0 fully saturated rings. The Labute approximate surface area is 129 Å². The Bertz CT molecular complexity index is 550. The molecule has 19 heavy (non-hydrogen) atoms. The van der Waals surface area contributed by atoms with Crippen LogP contribution in [0.2, 0.25) is 5.02 Å². The van der Waals surface area contributed by atoms with Gasteiger partial charge in [0.2, 0.25) is 0 Å². The van der Waals surface area contributed by atoms with Gasteiger partial charge in [-0.25, -0.2) is 0 Å². The summed E-state index contributed by atoms with van der Waals surface area (Å²) in [6.45, 7) is 3.81. The highest BCUT2D eigenvalue weighted by Crippen LogP contribution is 2.32. The number of hydrogen-bond acceptors (Lipinski definition) is 5. The predicted molar refractivity (Wildman–Crippen MR) is 81.1 cm³/mol. The Hall–Kier alpha value is -0.690. The summed E-state index contributed by atoms with van der Waals surface area (Å²) in [5.41, 5.74) is 0. The number of nitrogens with zero attached hydrogens (tertiary/aromatic N) is 2. The lowest BCUT2D eigenvalue weighted by atomic mass is 10.3. The molecule has 2 aromatic rings. The number of aromatic nitrogens is 2. The van der Waals surface area contributed by atoms with Crippen LogP contribution in [0.3, 0.4) is 0 Å². The number of ether oxygens (including phenoxy) is 1. The molecule has 0 spiro atoms. The summed E-state index contributed by atoms with van der Waals surface area (Å²) in [4.78, 5) is 0. The SMILES string of the molecule is CCCNCc1nnc(Oc2ccc(Cl)cc2Br)s1. The summed E-state index contributed by atoms with van der Waals surface area (Å²) in [7, 11) is 0. The van der Waals surface area contributed by atoms with Gasteiger partial charge in [0.25, 0.3) is 5.19 Å². The van der Waals surface area contributed by atoms with Gasteiger partial charge in [0.15, 0.2) is 0 Å². The molecular formula is C12H13BrClN3OS. The van der Waals surface area contributed by atoms with E-state index in [1.54, 1.807) is 18.2 Å². The molecule has 0 atom stereocenters. The second-order valence-corrected chi connectivity index (χ2v) is 6.13. The monoisotopic (exact) mass is 361 g/mol. The number of benzene rings is 1. The molecule has 0 aliphatic heterocycles. The van der Waals surface area contributed by atoms with E-state index in [0.717, 1.165) is 29.0 Å². The molecule has 1 heterocycles. The third kappa shape index (κ3) is 4.42. The van der Waals surface area contributed by atoms with Crippen LogP contribution in [-0.2, 0) is 6.54 Å². The van der Waals surface area contributed by atoms with Crippen molar-refractivity contribution >= 4 is 38.9 Å². The fraction of sp³-hybridized carbons (Fsp3) is 0.333. The van der Waals surface area contributed by atoms with E-state index in [1.165, 1.54) is 11.3 Å². The van der Waals surface area contributed by atoms with E-state index in [9.17, 15) is 0 Å². The van der Waals surface area contributed by atoms with Crippen molar-refractivity contribution in [2.75, 3.05) is 6.54 Å². The average Bonchev–Trinajstić information content (AvgIpc) is 2.81. The lowest BCUT2D eigenvalue weighted by Gasteiger charge is -2.03. The van der Waals surface area contributed by atoms with Gasteiger partial charge in [0.05, 0.1) is 4.47 Å². The van der Waals surface area contributed by atoms with Crippen molar-refractivity contribution in [1.82, 2.24) is 15.5 Å². The zero-order chi connectivity index (χ0) is 13.7. The van der Waals surface area contributed by atoms with Crippen LogP contribution in [0.15, 0.2) is 22.7 Å². The van der Waals surface area contributed by atoms with Gasteiger partial charge in [0, 0.05) is 11.6 Å². The minimum absolute atomic E-state index is 0.524. The van der Waals surface area contributed by atoms with Crippen LogP contribution >= 0.6 is 38.9 Å². The molecule has 7 heteroatoms. The van der Waals surface area contributed by atoms with E-state index in [-0.39, 0.29) is 0 Å². The van der Waals surface area contributed by atoms with Gasteiger partial charge >= 0.3 is 0 Å². The molecule has 1 N–H and O–H groups in total. The van der Waals surface area contributed by atoms with E-state index in [4.69, 9.17) is 16.3 Å². The third-order valence-corrected chi connectivity index (χ3v) is 3.90. The maximum Gasteiger partial charge on any atom is 0.299 e. The molecule has 1 aromatic heterocycles.